The molecule has 2 aliphatic rings. The van der Waals surface area contributed by atoms with Gasteiger partial charge in [-0.1, -0.05) is 11.6 Å². The molecule has 2 aliphatic heterocycles. The normalized spacial score (nSPS) is 24.4. The molecule has 5 rings (SSSR count). The number of hydrogen-bond acceptors (Lipinski definition) is 5. The molecular formula is C22H28N4O2. The quantitative estimate of drug-likeness (QED) is 0.699. The number of hydrogen-bond donors (Lipinski definition) is 0. The zero-order valence-electron chi connectivity index (χ0n) is 16.9. The molecule has 0 N–H and O–H groups in total. The van der Waals surface area contributed by atoms with Gasteiger partial charge in [0.1, 0.15) is 5.58 Å². The van der Waals surface area contributed by atoms with E-state index in [1.165, 1.54) is 10.9 Å². The Morgan fingerprint density at radius 3 is 2.64 bits per heavy atom. The zero-order chi connectivity index (χ0) is 19.3. The SMILES string of the molecule is Cc1ccc2oc(-c3nccn3[C@@H]3COC[C@H]3N3CCN(C)CC3)c(C)c2c1. The van der Waals surface area contributed by atoms with E-state index in [4.69, 9.17) is 9.15 Å². The van der Waals surface area contributed by atoms with Crippen molar-refractivity contribution in [2.75, 3.05) is 46.4 Å². The van der Waals surface area contributed by atoms with Crippen LogP contribution in [0.3, 0.4) is 0 Å². The van der Waals surface area contributed by atoms with Crippen LogP contribution in [0.25, 0.3) is 22.6 Å². The molecule has 0 amide bonds. The maximum Gasteiger partial charge on any atom is 0.176 e. The molecule has 2 atom stereocenters. The molecule has 148 valence electrons. The molecule has 2 aromatic heterocycles. The number of likely N-dealkylation sites (N-methyl/N-ethyl adjacent to an activating group) is 1. The van der Waals surface area contributed by atoms with Crippen LogP contribution in [-0.2, 0) is 4.74 Å². The lowest BCUT2D eigenvalue weighted by atomic mass is 10.1. The van der Waals surface area contributed by atoms with E-state index in [1.807, 2.05) is 6.20 Å². The number of rotatable bonds is 3. The highest BCUT2D eigenvalue weighted by atomic mass is 16.5. The summed E-state index contributed by atoms with van der Waals surface area (Å²) in [6.45, 7) is 10.2. The Morgan fingerprint density at radius 2 is 1.82 bits per heavy atom. The molecule has 28 heavy (non-hydrogen) atoms. The van der Waals surface area contributed by atoms with Crippen molar-refractivity contribution >= 4 is 11.0 Å². The van der Waals surface area contributed by atoms with Crippen LogP contribution in [0.5, 0.6) is 0 Å². The fourth-order valence-corrected chi connectivity index (χ4v) is 4.60. The van der Waals surface area contributed by atoms with Crippen molar-refractivity contribution in [1.29, 1.82) is 0 Å². The van der Waals surface area contributed by atoms with Crippen molar-refractivity contribution < 1.29 is 9.15 Å². The average Bonchev–Trinajstić information content (AvgIpc) is 3.41. The Hall–Kier alpha value is -2.15. The number of aryl methyl sites for hydroxylation is 2. The fraction of sp³-hybridized carbons (Fsp3) is 0.500. The summed E-state index contributed by atoms with van der Waals surface area (Å²) >= 11 is 0. The smallest absolute Gasteiger partial charge is 0.176 e. The molecule has 0 saturated carbocycles. The summed E-state index contributed by atoms with van der Waals surface area (Å²) in [5.74, 6) is 1.77. The number of imidazole rings is 1. The molecular weight excluding hydrogens is 352 g/mol. The molecule has 3 aromatic rings. The summed E-state index contributed by atoms with van der Waals surface area (Å²) in [5, 5.41) is 1.17. The van der Waals surface area contributed by atoms with Gasteiger partial charge < -0.3 is 18.6 Å². The van der Waals surface area contributed by atoms with Crippen molar-refractivity contribution in [3.63, 3.8) is 0 Å². The van der Waals surface area contributed by atoms with Crippen LogP contribution in [0.4, 0.5) is 0 Å². The minimum atomic E-state index is 0.259. The predicted molar refractivity (Wildman–Crippen MR) is 110 cm³/mol. The maximum absolute atomic E-state index is 6.25. The van der Waals surface area contributed by atoms with E-state index in [0.29, 0.717) is 6.04 Å². The van der Waals surface area contributed by atoms with Crippen LogP contribution in [0.15, 0.2) is 35.0 Å². The first-order valence-corrected chi connectivity index (χ1v) is 10.1. The second kappa shape index (κ2) is 7.03. The third kappa shape index (κ3) is 2.96. The molecule has 4 heterocycles. The summed E-state index contributed by atoms with van der Waals surface area (Å²) in [7, 11) is 2.19. The minimum absolute atomic E-state index is 0.259. The van der Waals surface area contributed by atoms with Gasteiger partial charge in [-0.25, -0.2) is 4.98 Å². The summed E-state index contributed by atoms with van der Waals surface area (Å²) in [4.78, 5) is 9.66. The van der Waals surface area contributed by atoms with Gasteiger partial charge in [0.2, 0.25) is 0 Å². The van der Waals surface area contributed by atoms with Gasteiger partial charge in [-0.05, 0) is 33.0 Å². The van der Waals surface area contributed by atoms with E-state index < -0.39 is 0 Å². The van der Waals surface area contributed by atoms with Crippen LogP contribution < -0.4 is 0 Å². The highest BCUT2D eigenvalue weighted by molar-refractivity contribution is 5.87. The molecule has 2 fully saturated rings. The second-order valence-electron chi connectivity index (χ2n) is 8.23. The molecule has 2 saturated heterocycles. The first-order chi connectivity index (χ1) is 13.6. The maximum atomic E-state index is 6.25. The number of furan rings is 1. The van der Waals surface area contributed by atoms with Crippen LogP contribution >= 0.6 is 0 Å². The van der Waals surface area contributed by atoms with Crippen molar-refractivity contribution in [2.45, 2.75) is 25.9 Å². The monoisotopic (exact) mass is 380 g/mol. The molecule has 6 heteroatoms. The van der Waals surface area contributed by atoms with E-state index >= 15 is 0 Å². The largest absolute Gasteiger partial charge is 0.453 e. The van der Waals surface area contributed by atoms with Crippen LogP contribution in [0.2, 0.25) is 0 Å². The number of piperazine rings is 1. The molecule has 6 nitrogen and oxygen atoms in total. The Kier molecular flexibility index (Phi) is 4.50. The molecule has 0 unspecified atom stereocenters. The number of aromatic nitrogens is 2. The molecule has 0 bridgehead atoms. The number of benzene rings is 1. The number of fused-ring (bicyclic) bond motifs is 1. The summed E-state index contributed by atoms with van der Waals surface area (Å²) < 4.78 is 14.5. The van der Waals surface area contributed by atoms with Gasteiger partial charge in [0.25, 0.3) is 0 Å². The number of ether oxygens (including phenoxy) is 1. The molecule has 0 spiro atoms. The van der Waals surface area contributed by atoms with Gasteiger partial charge >= 0.3 is 0 Å². The molecule has 0 aliphatic carbocycles. The van der Waals surface area contributed by atoms with Crippen molar-refractivity contribution in [1.82, 2.24) is 19.4 Å². The minimum Gasteiger partial charge on any atom is -0.453 e. The Morgan fingerprint density at radius 1 is 1.04 bits per heavy atom. The standard InChI is InChI=1S/C22H28N4O2/c1-15-4-5-20-17(12-15)16(2)21(28-20)22-23-6-7-26(22)19-14-27-13-18(19)25-10-8-24(3)9-11-25/h4-7,12,18-19H,8-11,13-14H2,1-3H3/t18-,19-/m1/s1. The van der Waals surface area contributed by atoms with Gasteiger partial charge in [-0.3, -0.25) is 4.90 Å². The lowest BCUT2D eigenvalue weighted by molar-refractivity contribution is 0.0889. The van der Waals surface area contributed by atoms with Crippen LogP contribution in [0, 0.1) is 13.8 Å². The Bertz CT molecular complexity index is 984. The number of nitrogens with zero attached hydrogens (tertiary/aromatic N) is 4. The van der Waals surface area contributed by atoms with Gasteiger partial charge in [0.05, 0.1) is 25.3 Å². The summed E-state index contributed by atoms with van der Waals surface area (Å²) in [6, 6.07) is 6.98. The third-order valence-corrected chi connectivity index (χ3v) is 6.35. The Balaban J connectivity index is 1.50. The van der Waals surface area contributed by atoms with Crippen molar-refractivity contribution in [2.24, 2.45) is 0 Å². The van der Waals surface area contributed by atoms with Gasteiger partial charge in [-0.15, -0.1) is 0 Å². The van der Waals surface area contributed by atoms with E-state index in [0.717, 1.165) is 62.1 Å². The Labute approximate surface area is 165 Å². The lowest BCUT2D eigenvalue weighted by Gasteiger charge is -2.38. The van der Waals surface area contributed by atoms with Gasteiger partial charge in [0.15, 0.2) is 11.6 Å². The van der Waals surface area contributed by atoms with Gasteiger partial charge in [-0.2, -0.15) is 0 Å². The van der Waals surface area contributed by atoms with E-state index in [9.17, 15) is 0 Å². The predicted octanol–water partition coefficient (Wildman–Crippen LogP) is 3.10. The first kappa shape index (κ1) is 17.9. The van der Waals surface area contributed by atoms with Crippen molar-refractivity contribution in [3.8, 4) is 11.6 Å². The second-order valence-corrected chi connectivity index (χ2v) is 8.23. The average molecular weight is 380 g/mol. The lowest BCUT2D eigenvalue weighted by Crippen LogP contribution is -2.51. The fourth-order valence-electron chi connectivity index (χ4n) is 4.60. The molecule has 1 aromatic carbocycles. The third-order valence-electron chi connectivity index (χ3n) is 6.35. The van der Waals surface area contributed by atoms with Crippen LogP contribution in [0.1, 0.15) is 17.2 Å². The van der Waals surface area contributed by atoms with E-state index in [2.05, 4.69) is 64.6 Å². The summed E-state index contributed by atoms with van der Waals surface area (Å²) in [5.41, 5.74) is 3.32. The van der Waals surface area contributed by atoms with Crippen molar-refractivity contribution in [3.05, 3.63) is 41.7 Å². The molecule has 0 radical (unpaired) electrons. The highest BCUT2D eigenvalue weighted by Crippen LogP contribution is 2.35. The van der Waals surface area contributed by atoms with Gasteiger partial charge in [0, 0.05) is 49.5 Å². The summed E-state index contributed by atoms with van der Waals surface area (Å²) in [6.07, 6.45) is 3.96. The van der Waals surface area contributed by atoms with Crippen LogP contribution in [-0.4, -0.2) is 71.8 Å². The zero-order valence-corrected chi connectivity index (χ0v) is 16.9. The first-order valence-electron chi connectivity index (χ1n) is 10.1. The van der Waals surface area contributed by atoms with E-state index in [-0.39, 0.29) is 6.04 Å². The van der Waals surface area contributed by atoms with E-state index in [1.54, 1.807) is 0 Å². The topological polar surface area (TPSA) is 46.7 Å². The highest BCUT2D eigenvalue weighted by Gasteiger charge is 2.37.